The van der Waals surface area contributed by atoms with Gasteiger partial charge in [-0.25, -0.2) is 4.39 Å². The smallest absolute Gasteiger partial charge is 0.125 e. The van der Waals surface area contributed by atoms with Gasteiger partial charge in [0.2, 0.25) is 0 Å². The van der Waals surface area contributed by atoms with Crippen LogP contribution in [-0.4, -0.2) is 19.5 Å². The molecule has 0 atom stereocenters. The van der Waals surface area contributed by atoms with E-state index in [2.05, 4.69) is 33.2 Å². The number of aryl methyl sites for hydroxylation is 1. The van der Waals surface area contributed by atoms with Crippen molar-refractivity contribution in [3.05, 3.63) is 85.2 Å². The van der Waals surface area contributed by atoms with Crippen molar-refractivity contribution in [2.75, 3.05) is 0 Å². The van der Waals surface area contributed by atoms with Crippen LogP contribution in [0.1, 0.15) is 0 Å². The third-order valence-corrected chi connectivity index (χ3v) is 5.08. The van der Waals surface area contributed by atoms with E-state index >= 15 is 0 Å². The van der Waals surface area contributed by atoms with Crippen molar-refractivity contribution in [1.29, 1.82) is 0 Å². The van der Waals surface area contributed by atoms with Gasteiger partial charge in [-0.1, -0.05) is 18.2 Å². The van der Waals surface area contributed by atoms with Crippen LogP contribution in [0.4, 0.5) is 4.39 Å². The Balaban J connectivity index is 0.000000123. The summed E-state index contributed by atoms with van der Waals surface area (Å²) in [5.41, 5.74) is 4.20. The van der Waals surface area contributed by atoms with Gasteiger partial charge in [-0.2, -0.15) is 0 Å². The highest BCUT2D eigenvalue weighted by molar-refractivity contribution is 6.08. The van der Waals surface area contributed by atoms with E-state index in [0.717, 1.165) is 27.3 Å². The minimum Gasteiger partial charge on any atom is -0.353 e. The number of para-hydroxylation sites is 1. The lowest BCUT2D eigenvalue weighted by Gasteiger charge is -1.96. The Kier molecular flexibility index (Phi) is 3.79. The van der Waals surface area contributed by atoms with Crippen LogP contribution in [0, 0.1) is 5.82 Å². The predicted octanol–water partition coefficient (Wildman–Crippen LogP) is 5.58. The van der Waals surface area contributed by atoms with E-state index in [9.17, 15) is 4.39 Å². The molecule has 0 saturated carbocycles. The third-order valence-electron chi connectivity index (χ3n) is 5.08. The highest BCUT2D eigenvalue weighted by atomic mass is 19.1. The average Bonchev–Trinajstić information content (AvgIpc) is 3.25. The molecule has 0 aliphatic rings. The van der Waals surface area contributed by atoms with Gasteiger partial charge in [0.1, 0.15) is 5.82 Å². The first kappa shape index (κ1) is 16.4. The fraction of sp³-hybridized carbons (Fsp3) is 0.0435. The SMILES string of the molecule is Cn1c2cnccc2c2ccc(F)cc21.c1ccc2c(c1)[nH]c1cnccc12. The molecule has 4 nitrogen and oxygen atoms in total. The summed E-state index contributed by atoms with van der Waals surface area (Å²) in [5, 5.41) is 4.68. The van der Waals surface area contributed by atoms with E-state index in [1.165, 1.54) is 22.4 Å². The number of fused-ring (bicyclic) bond motifs is 6. The van der Waals surface area contributed by atoms with Crippen molar-refractivity contribution in [2.45, 2.75) is 0 Å². The van der Waals surface area contributed by atoms with Gasteiger partial charge in [-0.15, -0.1) is 0 Å². The van der Waals surface area contributed by atoms with Crippen molar-refractivity contribution < 1.29 is 4.39 Å². The molecular formula is C23H17FN4. The standard InChI is InChI=1S/C12H9FN2.C11H8N2/c1-15-11-6-8(13)2-3-9(11)10-4-5-14-7-12(10)15;1-2-4-10-8(3-1)9-5-6-12-7-11(9)13-10/h2-7H,1H3;1-7,13H. The molecule has 4 aromatic heterocycles. The second-order valence-electron chi connectivity index (χ2n) is 6.71. The van der Waals surface area contributed by atoms with E-state index in [4.69, 9.17) is 0 Å². The number of aromatic amines is 1. The minimum absolute atomic E-state index is 0.207. The van der Waals surface area contributed by atoms with Crippen molar-refractivity contribution in [3.63, 3.8) is 0 Å². The maximum absolute atomic E-state index is 13.1. The molecular weight excluding hydrogens is 351 g/mol. The normalized spacial score (nSPS) is 11.2. The number of hydrogen-bond acceptors (Lipinski definition) is 2. The lowest BCUT2D eigenvalue weighted by atomic mass is 10.2. The van der Waals surface area contributed by atoms with Crippen molar-refractivity contribution in [3.8, 4) is 0 Å². The molecule has 0 spiro atoms. The van der Waals surface area contributed by atoms with Crippen LogP contribution < -0.4 is 0 Å². The summed E-state index contributed by atoms with van der Waals surface area (Å²) in [7, 11) is 1.92. The fourth-order valence-electron chi connectivity index (χ4n) is 3.72. The summed E-state index contributed by atoms with van der Waals surface area (Å²) >= 11 is 0. The monoisotopic (exact) mass is 368 g/mol. The van der Waals surface area contributed by atoms with E-state index in [-0.39, 0.29) is 5.82 Å². The maximum atomic E-state index is 13.1. The van der Waals surface area contributed by atoms with Gasteiger partial charge in [0.25, 0.3) is 0 Å². The zero-order valence-corrected chi connectivity index (χ0v) is 15.2. The molecule has 6 rings (SSSR count). The van der Waals surface area contributed by atoms with Crippen molar-refractivity contribution in [1.82, 2.24) is 19.5 Å². The lowest BCUT2D eigenvalue weighted by Crippen LogP contribution is -1.87. The minimum atomic E-state index is -0.207. The van der Waals surface area contributed by atoms with Gasteiger partial charge >= 0.3 is 0 Å². The van der Waals surface area contributed by atoms with Gasteiger partial charge in [0.05, 0.1) is 28.9 Å². The number of H-pyrrole nitrogens is 1. The molecule has 0 aliphatic heterocycles. The third kappa shape index (κ3) is 2.60. The Hall–Kier alpha value is -3.73. The molecule has 136 valence electrons. The van der Waals surface area contributed by atoms with E-state index < -0.39 is 0 Å². The van der Waals surface area contributed by atoms with Crippen molar-refractivity contribution in [2.24, 2.45) is 7.05 Å². The molecule has 6 aromatic rings. The molecule has 0 amide bonds. The van der Waals surface area contributed by atoms with Crippen LogP contribution in [0.2, 0.25) is 0 Å². The predicted molar refractivity (Wildman–Crippen MR) is 112 cm³/mol. The zero-order valence-electron chi connectivity index (χ0n) is 15.2. The highest BCUT2D eigenvalue weighted by Crippen LogP contribution is 2.27. The molecule has 0 unspecified atom stereocenters. The van der Waals surface area contributed by atoms with Crippen LogP contribution in [0.5, 0.6) is 0 Å². The van der Waals surface area contributed by atoms with Crippen molar-refractivity contribution >= 4 is 43.6 Å². The summed E-state index contributed by atoms with van der Waals surface area (Å²) < 4.78 is 15.1. The summed E-state index contributed by atoms with van der Waals surface area (Å²) in [5.74, 6) is -0.207. The number of nitrogens with zero attached hydrogens (tertiary/aromatic N) is 3. The van der Waals surface area contributed by atoms with Crippen LogP contribution in [0.15, 0.2) is 79.4 Å². The number of aromatic nitrogens is 4. The molecule has 2 aromatic carbocycles. The van der Waals surface area contributed by atoms with E-state index in [1.807, 2.05) is 48.3 Å². The van der Waals surface area contributed by atoms with Gasteiger partial charge in [-0.3, -0.25) is 9.97 Å². The number of hydrogen-bond donors (Lipinski definition) is 1. The molecule has 5 heteroatoms. The molecule has 4 heterocycles. The average molecular weight is 368 g/mol. The Labute approximate surface area is 160 Å². The second kappa shape index (κ2) is 6.46. The summed E-state index contributed by atoms with van der Waals surface area (Å²) in [6.07, 6.45) is 7.23. The Bertz CT molecular complexity index is 1390. The largest absolute Gasteiger partial charge is 0.353 e. The van der Waals surface area contributed by atoms with Crippen LogP contribution in [0.3, 0.4) is 0 Å². The molecule has 1 N–H and O–H groups in total. The fourth-order valence-corrected chi connectivity index (χ4v) is 3.72. The number of pyridine rings is 2. The van der Waals surface area contributed by atoms with E-state index in [1.54, 1.807) is 18.5 Å². The topological polar surface area (TPSA) is 46.5 Å². The number of rotatable bonds is 0. The van der Waals surface area contributed by atoms with E-state index in [0.29, 0.717) is 0 Å². The first-order chi connectivity index (χ1) is 13.7. The zero-order chi connectivity index (χ0) is 19.1. The van der Waals surface area contributed by atoms with Crippen LogP contribution >= 0.6 is 0 Å². The molecule has 0 fully saturated rings. The van der Waals surface area contributed by atoms with Gasteiger partial charge in [-0.05, 0) is 36.4 Å². The Morgan fingerprint density at radius 1 is 0.750 bits per heavy atom. The van der Waals surface area contributed by atoms with Gasteiger partial charge in [0, 0.05) is 46.5 Å². The molecule has 0 aliphatic carbocycles. The molecule has 0 radical (unpaired) electrons. The number of benzene rings is 2. The lowest BCUT2D eigenvalue weighted by molar-refractivity contribution is 0.629. The Morgan fingerprint density at radius 3 is 2.36 bits per heavy atom. The van der Waals surface area contributed by atoms with Gasteiger partial charge in [0.15, 0.2) is 0 Å². The van der Waals surface area contributed by atoms with Crippen LogP contribution in [0.25, 0.3) is 43.6 Å². The van der Waals surface area contributed by atoms with Gasteiger partial charge < -0.3 is 9.55 Å². The molecule has 0 saturated heterocycles. The highest BCUT2D eigenvalue weighted by Gasteiger charge is 2.07. The Morgan fingerprint density at radius 2 is 1.46 bits per heavy atom. The summed E-state index contributed by atoms with van der Waals surface area (Å²) in [6.45, 7) is 0. The van der Waals surface area contributed by atoms with Crippen LogP contribution in [-0.2, 0) is 7.05 Å². The molecule has 28 heavy (non-hydrogen) atoms. The summed E-state index contributed by atoms with van der Waals surface area (Å²) in [6, 6.07) is 17.1. The number of halogens is 1. The molecule has 0 bridgehead atoms. The maximum Gasteiger partial charge on any atom is 0.125 e. The summed E-state index contributed by atoms with van der Waals surface area (Å²) in [4.78, 5) is 11.5. The quantitative estimate of drug-likeness (QED) is 0.380. The second-order valence-corrected chi connectivity index (χ2v) is 6.71. The first-order valence-corrected chi connectivity index (χ1v) is 9.00. The first-order valence-electron chi connectivity index (χ1n) is 9.00. The number of nitrogens with one attached hydrogen (secondary N) is 1.